The Bertz CT molecular complexity index is 306. The second-order valence-electron chi connectivity index (χ2n) is 4.38. The average molecular weight is 226 g/mol. The van der Waals surface area contributed by atoms with Crippen molar-refractivity contribution in [2.45, 2.75) is 57.5 Å². The number of fused-ring (bicyclic) bond motifs is 1. The number of epoxide rings is 1. The van der Waals surface area contributed by atoms with Crippen molar-refractivity contribution in [1.29, 1.82) is 0 Å². The summed E-state index contributed by atoms with van der Waals surface area (Å²) in [6.07, 6.45) is 4.30. The van der Waals surface area contributed by atoms with Crippen LogP contribution < -0.4 is 0 Å². The van der Waals surface area contributed by atoms with Crippen LogP contribution in [0, 0.1) is 0 Å². The summed E-state index contributed by atoms with van der Waals surface area (Å²) in [4.78, 5) is 10.9. The molecule has 16 heavy (non-hydrogen) atoms. The Labute approximate surface area is 95.2 Å². The molecule has 1 heterocycles. The highest BCUT2D eigenvalue weighted by molar-refractivity contribution is 5.87. The van der Waals surface area contributed by atoms with E-state index in [1.165, 1.54) is 0 Å². The smallest absolute Gasteiger partial charge is 0.331 e. The molecule has 4 heteroatoms. The quantitative estimate of drug-likeness (QED) is 0.725. The highest BCUT2D eigenvalue weighted by Gasteiger charge is 2.49. The lowest BCUT2D eigenvalue weighted by Gasteiger charge is -2.22. The number of hydrogen-bond acceptors (Lipinski definition) is 3. The summed E-state index contributed by atoms with van der Waals surface area (Å²) in [7, 11) is 0. The molecule has 3 unspecified atom stereocenters. The minimum absolute atomic E-state index is 0.0652. The van der Waals surface area contributed by atoms with Crippen molar-refractivity contribution in [3.63, 3.8) is 0 Å². The molecule has 0 radical (unpaired) electrons. The average Bonchev–Trinajstić information content (AvgIpc) is 3.04. The lowest BCUT2D eigenvalue weighted by atomic mass is 9.97. The van der Waals surface area contributed by atoms with E-state index in [-0.39, 0.29) is 24.4 Å². The third kappa shape index (κ3) is 2.28. The van der Waals surface area contributed by atoms with Gasteiger partial charge in [0.05, 0.1) is 12.2 Å². The number of hydrogen-bond donors (Lipinski definition) is 1. The number of carbonyl (C=O) groups is 1. The second kappa shape index (κ2) is 4.55. The van der Waals surface area contributed by atoms with Gasteiger partial charge in [0.2, 0.25) is 0 Å². The van der Waals surface area contributed by atoms with E-state index in [1.54, 1.807) is 6.08 Å². The van der Waals surface area contributed by atoms with E-state index in [0.717, 1.165) is 12.8 Å². The van der Waals surface area contributed by atoms with E-state index in [1.807, 2.05) is 0 Å². The first kappa shape index (κ1) is 11.6. The van der Waals surface area contributed by atoms with Crippen LogP contribution in [0.5, 0.6) is 0 Å². The van der Waals surface area contributed by atoms with Gasteiger partial charge >= 0.3 is 5.97 Å². The fourth-order valence-corrected chi connectivity index (χ4v) is 2.17. The molecule has 0 aromatic rings. The van der Waals surface area contributed by atoms with E-state index in [2.05, 4.69) is 13.8 Å². The lowest BCUT2D eigenvalue weighted by molar-refractivity contribution is -0.133. The van der Waals surface area contributed by atoms with Crippen LogP contribution in [0.2, 0.25) is 0 Å². The third-order valence-corrected chi connectivity index (χ3v) is 3.27. The van der Waals surface area contributed by atoms with Crippen molar-refractivity contribution >= 4 is 5.97 Å². The fraction of sp³-hybridized carbons (Fsp3) is 0.750. The van der Waals surface area contributed by atoms with Crippen LogP contribution >= 0.6 is 0 Å². The summed E-state index contributed by atoms with van der Waals surface area (Å²) in [6.45, 7) is 4.15. The predicted molar refractivity (Wildman–Crippen MR) is 58.2 cm³/mol. The molecule has 1 aliphatic heterocycles. The number of rotatable bonds is 5. The molecule has 0 spiro atoms. The van der Waals surface area contributed by atoms with Crippen LogP contribution in [0.4, 0.5) is 0 Å². The van der Waals surface area contributed by atoms with Gasteiger partial charge in [-0.15, -0.1) is 0 Å². The molecule has 0 saturated carbocycles. The first-order valence-corrected chi connectivity index (χ1v) is 5.90. The second-order valence-corrected chi connectivity index (χ2v) is 4.38. The zero-order valence-electron chi connectivity index (χ0n) is 9.68. The molecule has 1 N–H and O–H groups in total. The molecule has 90 valence electrons. The highest BCUT2D eigenvalue weighted by atomic mass is 16.6. The molecule has 4 nitrogen and oxygen atoms in total. The number of ether oxygens (including phenoxy) is 2. The molecule has 2 rings (SSSR count). The van der Waals surface area contributed by atoms with Crippen molar-refractivity contribution in [2.75, 3.05) is 0 Å². The summed E-state index contributed by atoms with van der Waals surface area (Å²) in [5, 5.41) is 8.96. The molecular formula is C12H18O4. The molecule has 1 saturated heterocycles. The van der Waals surface area contributed by atoms with Gasteiger partial charge in [0.15, 0.2) is 0 Å². The number of carboxylic acids is 1. The maximum absolute atomic E-state index is 10.9. The minimum Gasteiger partial charge on any atom is -0.478 e. The molecule has 0 bridgehead atoms. The number of aliphatic carboxylic acids is 1. The Morgan fingerprint density at radius 2 is 2.31 bits per heavy atom. The predicted octanol–water partition coefficient (Wildman–Crippen LogP) is 1.74. The van der Waals surface area contributed by atoms with Gasteiger partial charge in [-0.1, -0.05) is 13.8 Å². The summed E-state index contributed by atoms with van der Waals surface area (Å²) >= 11 is 0. The van der Waals surface area contributed by atoms with E-state index in [4.69, 9.17) is 14.6 Å². The van der Waals surface area contributed by atoms with Gasteiger partial charge in [0, 0.05) is 12.0 Å². The van der Waals surface area contributed by atoms with Gasteiger partial charge in [0.25, 0.3) is 0 Å². The van der Waals surface area contributed by atoms with Crippen LogP contribution in [-0.2, 0) is 14.3 Å². The van der Waals surface area contributed by atoms with Crippen LogP contribution in [0.3, 0.4) is 0 Å². The van der Waals surface area contributed by atoms with Crippen molar-refractivity contribution in [2.24, 2.45) is 0 Å². The maximum Gasteiger partial charge on any atom is 0.331 e. The Balaban J connectivity index is 2.02. The zero-order valence-corrected chi connectivity index (χ0v) is 9.68. The van der Waals surface area contributed by atoms with E-state index < -0.39 is 5.97 Å². The fourth-order valence-electron chi connectivity index (χ4n) is 2.17. The Hall–Kier alpha value is -0.870. The SMILES string of the molecule is CCC(CC)OC1C=C(C(=O)O)CC2OC12. The zero-order chi connectivity index (χ0) is 11.7. The summed E-state index contributed by atoms with van der Waals surface area (Å²) < 4.78 is 11.3. The van der Waals surface area contributed by atoms with Crippen molar-refractivity contribution < 1.29 is 19.4 Å². The van der Waals surface area contributed by atoms with Gasteiger partial charge in [0.1, 0.15) is 12.2 Å². The minimum atomic E-state index is -0.855. The first-order valence-electron chi connectivity index (χ1n) is 5.90. The highest BCUT2D eigenvalue weighted by Crippen LogP contribution is 2.38. The van der Waals surface area contributed by atoms with Crippen molar-refractivity contribution in [1.82, 2.24) is 0 Å². The van der Waals surface area contributed by atoms with Gasteiger partial charge in [-0.3, -0.25) is 0 Å². The largest absolute Gasteiger partial charge is 0.478 e. The summed E-state index contributed by atoms with van der Waals surface area (Å²) in [5.41, 5.74) is 0.426. The molecule has 0 amide bonds. The van der Waals surface area contributed by atoms with Crippen LogP contribution in [0.1, 0.15) is 33.1 Å². The maximum atomic E-state index is 10.9. The third-order valence-electron chi connectivity index (χ3n) is 3.27. The molecule has 0 aromatic heterocycles. The van der Waals surface area contributed by atoms with Crippen LogP contribution in [0.25, 0.3) is 0 Å². The van der Waals surface area contributed by atoms with Crippen molar-refractivity contribution in [3.05, 3.63) is 11.6 Å². The molecule has 0 aromatic carbocycles. The van der Waals surface area contributed by atoms with Gasteiger partial charge in [-0.05, 0) is 18.9 Å². The molecule has 1 aliphatic carbocycles. The van der Waals surface area contributed by atoms with Gasteiger partial charge < -0.3 is 14.6 Å². The Morgan fingerprint density at radius 3 is 2.88 bits per heavy atom. The van der Waals surface area contributed by atoms with Crippen LogP contribution in [-0.4, -0.2) is 35.5 Å². The molecule has 2 aliphatic rings. The van der Waals surface area contributed by atoms with Gasteiger partial charge in [-0.25, -0.2) is 4.79 Å². The Morgan fingerprint density at radius 1 is 1.62 bits per heavy atom. The first-order chi connectivity index (χ1) is 7.65. The van der Waals surface area contributed by atoms with E-state index >= 15 is 0 Å². The monoisotopic (exact) mass is 226 g/mol. The lowest BCUT2D eigenvalue weighted by Crippen LogP contribution is -2.29. The molecular weight excluding hydrogens is 208 g/mol. The standard InChI is InChI=1S/C12H18O4/c1-3-8(4-2)15-9-5-7(12(13)14)6-10-11(9)16-10/h5,8-11H,3-4,6H2,1-2H3,(H,13,14). The Kier molecular flexibility index (Phi) is 3.30. The van der Waals surface area contributed by atoms with E-state index in [0.29, 0.717) is 12.0 Å². The van der Waals surface area contributed by atoms with Crippen LogP contribution in [0.15, 0.2) is 11.6 Å². The topological polar surface area (TPSA) is 59.1 Å². The van der Waals surface area contributed by atoms with Gasteiger partial charge in [-0.2, -0.15) is 0 Å². The summed E-state index contributed by atoms with van der Waals surface area (Å²) in [6, 6.07) is 0. The molecule has 1 fully saturated rings. The molecule has 3 atom stereocenters. The van der Waals surface area contributed by atoms with Crippen molar-refractivity contribution in [3.8, 4) is 0 Å². The van der Waals surface area contributed by atoms with E-state index in [9.17, 15) is 4.79 Å². The number of carboxylic acid groups (broad SMARTS) is 1. The normalized spacial score (nSPS) is 32.2. The summed E-state index contributed by atoms with van der Waals surface area (Å²) in [5.74, 6) is -0.855.